The van der Waals surface area contributed by atoms with Crippen molar-refractivity contribution in [2.24, 2.45) is 13.0 Å². The molecule has 8 heteroatoms. The van der Waals surface area contributed by atoms with Crippen molar-refractivity contribution in [3.8, 4) is 11.3 Å². The molecule has 1 aliphatic heterocycles. The first kappa shape index (κ1) is 19.6. The summed E-state index contributed by atoms with van der Waals surface area (Å²) in [5.41, 5.74) is 1.41. The fourth-order valence-corrected chi connectivity index (χ4v) is 3.86. The summed E-state index contributed by atoms with van der Waals surface area (Å²) in [6, 6.07) is 6.98. The molecular weight excluding hydrogens is 379 g/mol. The quantitative estimate of drug-likeness (QED) is 0.532. The lowest BCUT2D eigenvalue weighted by Crippen LogP contribution is -2.32. The Labute approximate surface area is 166 Å². The van der Waals surface area contributed by atoms with Gasteiger partial charge in [-0.15, -0.1) is 0 Å². The van der Waals surface area contributed by atoms with Crippen LogP contribution in [0.3, 0.4) is 0 Å². The number of halogens is 3. The molecule has 3 heterocycles. The number of rotatable bonds is 3. The SMILES string of the molecule is Cn1ccc2c(-c3ccc(C(F)(F)F)cc3)nnc([N+](C)=CC3CCCNC3)c21. The Bertz CT molecular complexity index is 1040. The monoisotopic (exact) mass is 402 g/mol. The second-order valence-electron chi connectivity index (χ2n) is 7.50. The predicted molar refractivity (Wildman–Crippen MR) is 106 cm³/mol. The van der Waals surface area contributed by atoms with Crippen LogP contribution in [0.25, 0.3) is 22.2 Å². The van der Waals surface area contributed by atoms with Gasteiger partial charge in [-0.2, -0.15) is 13.2 Å². The van der Waals surface area contributed by atoms with E-state index in [-0.39, 0.29) is 0 Å². The average Bonchev–Trinajstić information content (AvgIpc) is 3.09. The molecule has 0 saturated carbocycles. The number of benzene rings is 1. The molecule has 29 heavy (non-hydrogen) atoms. The summed E-state index contributed by atoms with van der Waals surface area (Å²) in [5.74, 6) is 1.16. The summed E-state index contributed by atoms with van der Waals surface area (Å²) in [6.07, 6.45) is 2.00. The van der Waals surface area contributed by atoms with Gasteiger partial charge < -0.3 is 9.88 Å². The second-order valence-corrected chi connectivity index (χ2v) is 7.50. The van der Waals surface area contributed by atoms with Crippen LogP contribution in [0.5, 0.6) is 0 Å². The maximum Gasteiger partial charge on any atom is 0.416 e. The third-order valence-electron chi connectivity index (χ3n) is 5.37. The van der Waals surface area contributed by atoms with Crippen molar-refractivity contribution in [2.75, 3.05) is 20.1 Å². The fraction of sp³-hybridized carbons (Fsp3) is 0.381. The third kappa shape index (κ3) is 3.89. The highest BCUT2D eigenvalue weighted by atomic mass is 19.4. The smallest absolute Gasteiger partial charge is 0.344 e. The minimum absolute atomic E-state index is 0.431. The van der Waals surface area contributed by atoms with Crippen LogP contribution in [0.2, 0.25) is 0 Å². The molecule has 1 aliphatic rings. The van der Waals surface area contributed by atoms with Gasteiger partial charge in [-0.3, -0.25) is 0 Å². The topological polar surface area (TPSA) is 45.8 Å². The molecule has 0 amide bonds. The molecule has 0 bridgehead atoms. The van der Waals surface area contributed by atoms with Gasteiger partial charge in [-0.1, -0.05) is 12.1 Å². The normalized spacial score (nSPS) is 18.4. The van der Waals surface area contributed by atoms with E-state index in [2.05, 4.69) is 21.7 Å². The highest BCUT2D eigenvalue weighted by Gasteiger charge is 2.30. The first-order valence-corrected chi connectivity index (χ1v) is 9.62. The number of hydrogen-bond donors (Lipinski definition) is 1. The lowest BCUT2D eigenvalue weighted by molar-refractivity contribution is -0.405. The number of piperidine rings is 1. The lowest BCUT2D eigenvalue weighted by atomic mass is 10.0. The Hall–Kier alpha value is -2.74. The zero-order chi connectivity index (χ0) is 20.6. The molecule has 0 spiro atoms. The molecule has 1 saturated heterocycles. The highest BCUT2D eigenvalue weighted by Crippen LogP contribution is 2.34. The van der Waals surface area contributed by atoms with Crippen molar-refractivity contribution >= 4 is 22.9 Å². The second kappa shape index (κ2) is 7.59. The van der Waals surface area contributed by atoms with Crippen molar-refractivity contribution in [3.05, 3.63) is 42.1 Å². The largest absolute Gasteiger partial charge is 0.416 e. The van der Waals surface area contributed by atoms with Gasteiger partial charge in [-0.05, 0) is 42.7 Å². The maximum atomic E-state index is 12.9. The lowest BCUT2D eigenvalue weighted by Gasteiger charge is -2.18. The van der Waals surface area contributed by atoms with Crippen molar-refractivity contribution in [2.45, 2.75) is 19.0 Å². The van der Waals surface area contributed by atoms with Crippen molar-refractivity contribution < 1.29 is 17.7 Å². The first-order valence-electron chi connectivity index (χ1n) is 9.62. The summed E-state index contributed by atoms with van der Waals surface area (Å²) in [5, 5.41) is 13.1. The van der Waals surface area contributed by atoms with E-state index in [0.29, 0.717) is 17.2 Å². The number of nitrogens with zero attached hydrogens (tertiary/aromatic N) is 4. The maximum absolute atomic E-state index is 12.9. The van der Waals surface area contributed by atoms with Gasteiger partial charge in [0.1, 0.15) is 11.2 Å². The summed E-state index contributed by atoms with van der Waals surface area (Å²) in [7, 11) is 3.89. The van der Waals surface area contributed by atoms with E-state index in [0.717, 1.165) is 54.8 Å². The van der Waals surface area contributed by atoms with Crippen molar-refractivity contribution in [3.63, 3.8) is 0 Å². The van der Waals surface area contributed by atoms with Crippen LogP contribution in [0, 0.1) is 5.92 Å². The summed E-state index contributed by atoms with van der Waals surface area (Å²) >= 11 is 0. The van der Waals surface area contributed by atoms with Crippen LogP contribution in [-0.2, 0) is 13.2 Å². The average molecular weight is 402 g/mol. The van der Waals surface area contributed by atoms with E-state index in [1.165, 1.54) is 12.1 Å². The number of nitrogens with one attached hydrogen (secondary N) is 1. The van der Waals surface area contributed by atoms with Crippen LogP contribution in [0.4, 0.5) is 19.0 Å². The van der Waals surface area contributed by atoms with Gasteiger partial charge in [0, 0.05) is 36.7 Å². The van der Waals surface area contributed by atoms with Gasteiger partial charge in [0.15, 0.2) is 0 Å². The van der Waals surface area contributed by atoms with E-state index in [1.54, 1.807) is 0 Å². The number of alkyl halides is 3. The van der Waals surface area contributed by atoms with Gasteiger partial charge >= 0.3 is 12.0 Å². The fourth-order valence-electron chi connectivity index (χ4n) is 3.86. The molecule has 5 nitrogen and oxygen atoms in total. The van der Waals surface area contributed by atoms with E-state index >= 15 is 0 Å². The Morgan fingerprint density at radius 1 is 1.17 bits per heavy atom. The van der Waals surface area contributed by atoms with E-state index in [4.69, 9.17) is 0 Å². The zero-order valence-electron chi connectivity index (χ0n) is 16.4. The number of aromatic nitrogens is 3. The Morgan fingerprint density at radius 2 is 1.93 bits per heavy atom. The summed E-state index contributed by atoms with van der Waals surface area (Å²) in [4.78, 5) is 0. The van der Waals surface area contributed by atoms with Crippen LogP contribution in [0.15, 0.2) is 36.5 Å². The Kier molecular flexibility index (Phi) is 5.12. The molecule has 1 fully saturated rings. The van der Waals surface area contributed by atoms with Crippen LogP contribution >= 0.6 is 0 Å². The summed E-state index contributed by atoms with van der Waals surface area (Å²) in [6.45, 7) is 2.00. The Morgan fingerprint density at radius 3 is 2.59 bits per heavy atom. The molecule has 4 rings (SSSR count). The number of hydrogen-bond acceptors (Lipinski definition) is 3. The molecule has 0 aliphatic carbocycles. The molecular formula is C21H23F3N5+. The third-order valence-corrected chi connectivity index (χ3v) is 5.37. The molecule has 1 unspecified atom stereocenters. The number of fused-ring (bicyclic) bond motifs is 1. The van der Waals surface area contributed by atoms with Crippen LogP contribution in [-0.4, -0.2) is 45.7 Å². The van der Waals surface area contributed by atoms with Crippen LogP contribution < -0.4 is 5.32 Å². The highest BCUT2D eigenvalue weighted by molar-refractivity contribution is 5.97. The van der Waals surface area contributed by atoms with E-state index in [9.17, 15) is 13.2 Å². The van der Waals surface area contributed by atoms with Gasteiger partial charge in [0.25, 0.3) is 0 Å². The molecule has 0 radical (unpaired) electrons. The van der Waals surface area contributed by atoms with Gasteiger partial charge in [-0.25, -0.2) is 4.58 Å². The Balaban J connectivity index is 1.75. The first-order chi connectivity index (χ1) is 13.8. The van der Waals surface area contributed by atoms with Gasteiger partial charge in [0.05, 0.1) is 23.9 Å². The molecule has 1 N–H and O–H groups in total. The minimum Gasteiger partial charge on any atom is -0.344 e. The zero-order valence-corrected chi connectivity index (χ0v) is 16.4. The predicted octanol–water partition coefficient (Wildman–Crippen LogP) is 4.00. The molecule has 1 aromatic carbocycles. The van der Waals surface area contributed by atoms with Gasteiger partial charge in [0.2, 0.25) is 0 Å². The van der Waals surface area contributed by atoms with Crippen molar-refractivity contribution in [1.29, 1.82) is 0 Å². The van der Waals surface area contributed by atoms with Crippen molar-refractivity contribution in [1.82, 2.24) is 20.1 Å². The summed E-state index contributed by atoms with van der Waals surface area (Å²) < 4.78 is 42.6. The molecule has 2 aromatic heterocycles. The molecule has 3 aromatic rings. The van der Waals surface area contributed by atoms with Crippen LogP contribution in [0.1, 0.15) is 18.4 Å². The molecule has 152 valence electrons. The molecule has 1 atom stereocenters. The van der Waals surface area contributed by atoms with E-state index in [1.807, 2.05) is 35.5 Å². The standard InChI is InChI=1S/C21H23F3N5/c1-28-11-9-17-18(15-5-7-16(8-6-15)21(22,23)24)26-27-20(19(17)28)29(2)13-14-4-3-10-25-12-14/h5-9,11,13-14,25H,3-4,10,12H2,1-2H3/q+1. The number of aryl methyl sites for hydroxylation is 1. The minimum atomic E-state index is -4.36. The van der Waals surface area contributed by atoms with E-state index < -0.39 is 11.7 Å².